The molecule has 15 heavy (non-hydrogen) atoms. The fourth-order valence-corrected chi connectivity index (χ4v) is 1.87. The lowest BCUT2D eigenvalue weighted by atomic mass is 10.2. The van der Waals surface area contributed by atoms with Gasteiger partial charge in [-0.2, -0.15) is 0 Å². The van der Waals surface area contributed by atoms with Crippen LogP contribution >= 0.6 is 0 Å². The summed E-state index contributed by atoms with van der Waals surface area (Å²) >= 11 is 0. The molecule has 3 nitrogen and oxygen atoms in total. The van der Waals surface area contributed by atoms with Crippen molar-refractivity contribution >= 4 is 12.0 Å². The molecule has 0 spiro atoms. The van der Waals surface area contributed by atoms with Crippen LogP contribution in [-0.2, 0) is 0 Å². The van der Waals surface area contributed by atoms with E-state index in [2.05, 4.69) is 0 Å². The van der Waals surface area contributed by atoms with Crippen LogP contribution in [0.25, 0.3) is 0 Å². The number of carbonyl (C=O) groups excluding carboxylic acids is 1. The molecule has 1 aliphatic rings. The van der Waals surface area contributed by atoms with Gasteiger partial charge in [-0.1, -0.05) is 0 Å². The number of benzene rings is 1. The highest BCUT2D eigenvalue weighted by Gasteiger charge is 2.22. The highest BCUT2D eigenvalue weighted by molar-refractivity contribution is 5.84. The minimum Gasteiger partial charge on any atom is -0.391 e. The van der Waals surface area contributed by atoms with E-state index in [0.29, 0.717) is 37.0 Å². The van der Waals surface area contributed by atoms with E-state index in [9.17, 15) is 14.3 Å². The average Bonchev–Trinajstić information content (AvgIpc) is 2.64. The third-order valence-electron chi connectivity index (χ3n) is 2.62. The van der Waals surface area contributed by atoms with Gasteiger partial charge in [0.1, 0.15) is 5.82 Å². The number of anilines is 1. The standard InChI is InChI=1S/C11H12FNO2/c12-9-1-2-11(8(5-9)7-14)13-4-3-10(15)6-13/h1-2,5,7,10,15H,3-4,6H2. The van der Waals surface area contributed by atoms with E-state index in [1.807, 2.05) is 4.90 Å². The number of rotatable bonds is 2. The summed E-state index contributed by atoms with van der Waals surface area (Å²) in [5, 5.41) is 9.38. The lowest BCUT2D eigenvalue weighted by Gasteiger charge is -2.19. The van der Waals surface area contributed by atoms with Crippen molar-refractivity contribution in [3.8, 4) is 0 Å². The second kappa shape index (κ2) is 3.98. The molecule has 80 valence electrons. The molecule has 1 atom stereocenters. The van der Waals surface area contributed by atoms with Crippen LogP contribution in [0.2, 0.25) is 0 Å². The number of hydrogen-bond donors (Lipinski definition) is 1. The summed E-state index contributed by atoms with van der Waals surface area (Å²) in [7, 11) is 0. The van der Waals surface area contributed by atoms with Crippen LogP contribution in [0.15, 0.2) is 18.2 Å². The number of nitrogens with zero attached hydrogens (tertiary/aromatic N) is 1. The van der Waals surface area contributed by atoms with Gasteiger partial charge in [-0.3, -0.25) is 4.79 Å². The van der Waals surface area contributed by atoms with Gasteiger partial charge in [0, 0.05) is 24.3 Å². The van der Waals surface area contributed by atoms with Gasteiger partial charge in [-0.15, -0.1) is 0 Å². The van der Waals surface area contributed by atoms with Gasteiger partial charge in [0.15, 0.2) is 6.29 Å². The Balaban J connectivity index is 2.31. The molecule has 1 aliphatic heterocycles. The Hall–Kier alpha value is -1.42. The molecule has 0 saturated carbocycles. The predicted octanol–water partition coefficient (Wildman–Crippen LogP) is 1.21. The zero-order chi connectivity index (χ0) is 10.8. The average molecular weight is 209 g/mol. The largest absolute Gasteiger partial charge is 0.391 e. The lowest BCUT2D eigenvalue weighted by molar-refractivity contribution is 0.112. The molecule has 0 aliphatic carbocycles. The molecule has 0 aromatic heterocycles. The molecule has 0 bridgehead atoms. The lowest BCUT2D eigenvalue weighted by Crippen LogP contribution is -2.22. The summed E-state index contributed by atoms with van der Waals surface area (Å²) in [5.74, 6) is -0.416. The first-order valence-corrected chi connectivity index (χ1v) is 4.88. The maximum absolute atomic E-state index is 12.9. The van der Waals surface area contributed by atoms with Crippen molar-refractivity contribution in [1.82, 2.24) is 0 Å². The van der Waals surface area contributed by atoms with Gasteiger partial charge in [-0.25, -0.2) is 4.39 Å². The third kappa shape index (κ3) is 1.99. The SMILES string of the molecule is O=Cc1cc(F)ccc1N1CCC(O)C1. The van der Waals surface area contributed by atoms with E-state index in [1.54, 1.807) is 6.07 Å². The number of aldehydes is 1. The van der Waals surface area contributed by atoms with E-state index >= 15 is 0 Å². The molecule has 4 heteroatoms. The first-order chi connectivity index (χ1) is 7.20. The molecule has 1 aromatic rings. The summed E-state index contributed by atoms with van der Waals surface area (Å²) in [6, 6.07) is 4.12. The van der Waals surface area contributed by atoms with Crippen LogP contribution < -0.4 is 4.90 Å². The van der Waals surface area contributed by atoms with Crippen LogP contribution in [0, 0.1) is 5.82 Å². The van der Waals surface area contributed by atoms with Crippen molar-refractivity contribution < 1.29 is 14.3 Å². The van der Waals surface area contributed by atoms with Crippen LogP contribution in [0.5, 0.6) is 0 Å². The first-order valence-electron chi connectivity index (χ1n) is 4.88. The molecule has 0 amide bonds. The van der Waals surface area contributed by atoms with E-state index in [-0.39, 0.29) is 6.10 Å². The Labute approximate surface area is 87.1 Å². The zero-order valence-corrected chi connectivity index (χ0v) is 8.19. The number of β-amino-alcohol motifs (C(OH)–C–C–N with tert-alkyl or cyclic N) is 1. The number of aliphatic hydroxyl groups is 1. The van der Waals surface area contributed by atoms with E-state index in [1.165, 1.54) is 12.1 Å². The second-order valence-corrected chi connectivity index (χ2v) is 3.71. The molecule has 1 fully saturated rings. The van der Waals surface area contributed by atoms with E-state index < -0.39 is 5.82 Å². The molecule has 2 rings (SSSR count). The smallest absolute Gasteiger partial charge is 0.152 e. The summed E-state index contributed by atoms with van der Waals surface area (Å²) in [6.07, 6.45) is 0.980. The van der Waals surface area contributed by atoms with Crippen molar-refractivity contribution in [1.29, 1.82) is 0 Å². The number of hydrogen-bond acceptors (Lipinski definition) is 3. The third-order valence-corrected chi connectivity index (χ3v) is 2.62. The normalized spacial score (nSPS) is 20.7. The first kappa shape index (κ1) is 10.1. The quantitative estimate of drug-likeness (QED) is 0.744. The second-order valence-electron chi connectivity index (χ2n) is 3.71. The van der Waals surface area contributed by atoms with Gasteiger partial charge >= 0.3 is 0 Å². The van der Waals surface area contributed by atoms with Crippen molar-refractivity contribution in [2.75, 3.05) is 18.0 Å². The Morgan fingerprint density at radius 1 is 1.53 bits per heavy atom. The predicted molar refractivity (Wildman–Crippen MR) is 54.6 cm³/mol. The molecule has 1 saturated heterocycles. The van der Waals surface area contributed by atoms with Crippen molar-refractivity contribution in [3.05, 3.63) is 29.6 Å². The molecule has 1 N–H and O–H groups in total. The zero-order valence-electron chi connectivity index (χ0n) is 8.19. The monoisotopic (exact) mass is 209 g/mol. The van der Waals surface area contributed by atoms with Crippen molar-refractivity contribution in [2.24, 2.45) is 0 Å². The number of halogens is 1. The molecular formula is C11H12FNO2. The number of aliphatic hydroxyl groups excluding tert-OH is 1. The Bertz CT molecular complexity index is 381. The number of carbonyl (C=O) groups is 1. The maximum Gasteiger partial charge on any atom is 0.152 e. The van der Waals surface area contributed by atoms with Gasteiger partial charge in [0.2, 0.25) is 0 Å². The van der Waals surface area contributed by atoms with Gasteiger partial charge in [0.25, 0.3) is 0 Å². The maximum atomic E-state index is 12.9. The van der Waals surface area contributed by atoms with Crippen LogP contribution in [-0.4, -0.2) is 30.6 Å². The molecule has 1 heterocycles. The Morgan fingerprint density at radius 3 is 2.93 bits per heavy atom. The van der Waals surface area contributed by atoms with Gasteiger partial charge < -0.3 is 10.0 Å². The van der Waals surface area contributed by atoms with Crippen molar-refractivity contribution in [3.63, 3.8) is 0 Å². The van der Waals surface area contributed by atoms with Crippen molar-refractivity contribution in [2.45, 2.75) is 12.5 Å². The summed E-state index contributed by atoms with van der Waals surface area (Å²) < 4.78 is 12.9. The molecule has 1 aromatic carbocycles. The Morgan fingerprint density at radius 2 is 2.33 bits per heavy atom. The minimum absolute atomic E-state index is 0.337. The topological polar surface area (TPSA) is 40.5 Å². The van der Waals surface area contributed by atoms with Crippen LogP contribution in [0.3, 0.4) is 0 Å². The summed E-state index contributed by atoms with van der Waals surface area (Å²) in [5.41, 5.74) is 1.03. The molecule has 0 radical (unpaired) electrons. The molecule has 1 unspecified atom stereocenters. The fraction of sp³-hybridized carbons (Fsp3) is 0.364. The summed E-state index contributed by atoms with van der Waals surface area (Å²) in [4.78, 5) is 12.7. The van der Waals surface area contributed by atoms with Gasteiger partial charge in [0.05, 0.1) is 6.10 Å². The van der Waals surface area contributed by atoms with Crippen LogP contribution in [0.1, 0.15) is 16.8 Å². The van der Waals surface area contributed by atoms with Crippen LogP contribution in [0.4, 0.5) is 10.1 Å². The van der Waals surface area contributed by atoms with E-state index in [4.69, 9.17) is 0 Å². The highest BCUT2D eigenvalue weighted by atomic mass is 19.1. The Kier molecular flexibility index (Phi) is 2.68. The molecular weight excluding hydrogens is 197 g/mol. The summed E-state index contributed by atoms with van der Waals surface area (Å²) in [6.45, 7) is 1.21. The van der Waals surface area contributed by atoms with E-state index in [0.717, 1.165) is 0 Å². The minimum atomic E-state index is -0.416. The fourth-order valence-electron chi connectivity index (χ4n) is 1.87. The van der Waals surface area contributed by atoms with Gasteiger partial charge in [-0.05, 0) is 24.6 Å². The highest BCUT2D eigenvalue weighted by Crippen LogP contribution is 2.24.